The van der Waals surface area contributed by atoms with Crippen molar-refractivity contribution >= 4 is 12.1 Å². The first-order valence-electron chi connectivity index (χ1n) is 5.73. The highest BCUT2D eigenvalue weighted by Crippen LogP contribution is 2.47. The summed E-state index contributed by atoms with van der Waals surface area (Å²) in [6.07, 6.45) is 1.13. The van der Waals surface area contributed by atoms with Gasteiger partial charge in [0.05, 0.1) is 12.5 Å². The second-order valence-corrected chi connectivity index (χ2v) is 5.61. The van der Waals surface area contributed by atoms with Crippen LogP contribution >= 0.6 is 0 Å². The largest absolute Gasteiger partial charge is 0.469 e. The minimum Gasteiger partial charge on any atom is -0.469 e. The Morgan fingerprint density at radius 2 is 1.82 bits per heavy atom. The van der Waals surface area contributed by atoms with Crippen LogP contribution in [0.3, 0.4) is 0 Å². The normalized spacial score (nSPS) is 17.2. The highest BCUT2D eigenvalue weighted by molar-refractivity contribution is 5.81. The fraction of sp³-hybridized carbons (Fsp3) is 0.833. The number of methoxy groups -OCH3 is 1. The molecule has 0 bridgehead atoms. The number of amides is 1. The molecule has 0 aromatic carbocycles. The van der Waals surface area contributed by atoms with Crippen LogP contribution in [0.5, 0.6) is 0 Å². The lowest BCUT2D eigenvalue weighted by molar-refractivity contribution is -0.147. The molecule has 5 nitrogen and oxygen atoms in total. The minimum atomic E-state index is -0.521. The summed E-state index contributed by atoms with van der Waals surface area (Å²) in [5.74, 6) is -0.243. The maximum Gasteiger partial charge on any atom is 0.410 e. The quantitative estimate of drug-likeness (QED) is 0.709. The van der Waals surface area contributed by atoms with Gasteiger partial charge in [-0.25, -0.2) is 4.79 Å². The van der Waals surface area contributed by atoms with Crippen molar-refractivity contribution < 1.29 is 19.1 Å². The number of nitrogens with zero attached hydrogens (tertiary/aromatic N) is 1. The third kappa shape index (κ3) is 3.61. The molecular weight excluding hydrogens is 222 g/mol. The van der Waals surface area contributed by atoms with Crippen molar-refractivity contribution in [3.63, 3.8) is 0 Å². The molecule has 17 heavy (non-hydrogen) atoms. The second-order valence-electron chi connectivity index (χ2n) is 5.61. The van der Waals surface area contributed by atoms with Crippen LogP contribution in [-0.4, -0.2) is 43.3 Å². The second kappa shape index (κ2) is 4.55. The Balaban J connectivity index is 2.52. The predicted molar refractivity (Wildman–Crippen MR) is 62.5 cm³/mol. The standard InChI is InChI=1S/C12H21NO4/c1-11(2,3)17-10(15)13(4)8-12(6-7-12)9(14)16-5/h6-8H2,1-5H3. The van der Waals surface area contributed by atoms with E-state index in [2.05, 4.69) is 0 Å². The zero-order valence-electron chi connectivity index (χ0n) is 11.2. The highest BCUT2D eigenvalue weighted by atomic mass is 16.6. The van der Waals surface area contributed by atoms with Gasteiger partial charge in [0.1, 0.15) is 5.60 Å². The number of carbonyl (C=O) groups is 2. The summed E-state index contributed by atoms with van der Waals surface area (Å²) >= 11 is 0. The number of ether oxygens (including phenoxy) is 2. The molecule has 0 spiro atoms. The van der Waals surface area contributed by atoms with Gasteiger partial charge in [-0.3, -0.25) is 4.79 Å². The van der Waals surface area contributed by atoms with Crippen LogP contribution in [0.25, 0.3) is 0 Å². The van der Waals surface area contributed by atoms with Crippen molar-refractivity contribution in [2.24, 2.45) is 5.41 Å². The minimum absolute atomic E-state index is 0.243. The van der Waals surface area contributed by atoms with Crippen molar-refractivity contribution in [1.29, 1.82) is 0 Å². The van der Waals surface area contributed by atoms with E-state index < -0.39 is 17.1 Å². The maximum atomic E-state index is 11.7. The summed E-state index contributed by atoms with van der Waals surface area (Å²) in [6.45, 7) is 5.79. The van der Waals surface area contributed by atoms with Crippen molar-refractivity contribution in [2.75, 3.05) is 20.7 Å². The number of rotatable bonds is 3. The SMILES string of the molecule is COC(=O)C1(CN(C)C(=O)OC(C)(C)C)CC1. The molecule has 1 aliphatic rings. The first-order chi connectivity index (χ1) is 7.70. The topological polar surface area (TPSA) is 55.8 Å². The molecule has 0 saturated heterocycles. The summed E-state index contributed by atoms with van der Waals surface area (Å²) in [7, 11) is 3.01. The van der Waals surface area contributed by atoms with Crippen LogP contribution in [0.15, 0.2) is 0 Å². The van der Waals surface area contributed by atoms with E-state index in [4.69, 9.17) is 9.47 Å². The van der Waals surface area contributed by atoms with Crippen LogP contribution < -0.4 is 0 Å². The Morgan fingerprint density at radius 1 is 1.29 bits per heavy atom. The molecular formula is C12H21NO4. The van der Waals surface area contributed by atoms with Gasteiger partial charge < -0.3 is 14.4 Å². The molecule has 1 fully saturated rings. The lowest BCUT2D eigenvalue weighted by atomic mass is 10.1. The van der Waals surface area contributed by atoms with E-state index in [9.17, 15) is 9.59 Å². The lowest BCUT2D eigenvalue weighted by Gasteiger charge is -2.26. The third-order valence-corrected chi connectivity index (χ3v) is 2.72. The fourth-order valence-corrected chi connectivity index (χ4v) is 1.65. The summed E-state index contributed by atoms with van der Waals surface area (Å²) in [6, 6.07) is 0. The fourth-order valence-electron chi connectivity index (χ4n) is 1.65. The van der Waals surface area contributed by atoms with E-state index in [0.717, 1.165) is 12.8 Å². The summed E-state index contributed by atoms with van der Waals surface area (Å²) in [5, 5.41) is 0. The van der Waals surface area contributed by atoms with E-state index in [0.29, 0.717) is 6.54 Å². The molecule has 0 atom stereocenters. The zero-order chi connectivity index (χ0) is 13.3. The molecule has 0 aromatic rings. The molecule has 0 heterocycles. The monoisotopic (exact) mass is 243 g/mol. The first kappa shape index (κ1) is 13.8. The Labute approximate surface area is 102 Å². The Hall–Kier alpha value is -1.26. The van der Waals surface area contributed by atoms with Crippen LogP contribution in [-0.2, 0) is 14.3 Å². The van der Waals surface area contributed by atoms with Gasteiger partial charge in [0.15, 0.2) is 0 Å². The Kier molecular flexibility index (Phi) is 3.69. The molecule has 0 aromatic heterocycles. The zero-order valence-corrected chi connectivity index (χ0v) is 11.2. The molecule has 1 aliphatic carbocycles. The van der Waals surface area contributed by atoms with Gasteiger partial charge in [0, 0.05) is 13.6 Å². The smallest absolute Gasteiger partial charge is 0.410 e. The van der Waals surface area contributed by atoms with Gasteiger partial charge in [-0.05, 0) is 33.6 Å². The molecule has 1 amide bonds. The van der Waals surface area contributed by atoms with Crippen molar-refractivity contribution in [2.45, 2.75) is 39.2 Å². The average Bonchev–Trinajstić information content (AvgIpc) is 2.95. The van der Waals surface area contributed by atoms with Crippen molar-refractivity contribution in [3.05, 3.63) is 0 Å². The molecule has 0 N–H and O–H groups in total. The average molecular weight is 243 g/mol. The number of hydrogen-bond donors (Lipinski definition) is 0. The molecule has 98 valence electrons. The van der Waals surface area contributed by atoms with Gasteiger partial charge >= 0.3 is 12.1 Å². The molecule has 0 aliphatic heterocycles. The van der Waals surface area contributed by atoms with Gasteiger partial charge in [-0.2, -0.15) is 0 Å². The van der Waals surface area contributed by atoms with E-state index in [1.807, 2.05) is 20.8 Å². The van der Waals surface area contributed by atoms with E-state index in [1.165, 1.54) is 12.0 Å². The lowest BCUT2D eigenvalue weighted by Crippen LogP contribution is -2.39. The third-order valence-electron chi connectivity index (χ3n) is 2.72. The maximum absolute atomic E-state index is 11.7. The van der Waals surface area contributed by atoms with Gasteiger partial charge in [-0.15, -0.1) is 0 Å². The molecule has 0 radical (unpaired) electrons. The van der Waals surface area contributed by atoms with Gasteiger partial charge in [-0.1, -0.05) is 0 Å². The Morgan fingerprint density at radius 3 is 2.18 bits per heavy atom. The van der Waals surface area contributed by atoms with Crippen LogP contribution in [0, 0.1) is 5.41 Å². The molecule has 1 rings (SSSR count). The van der Waals surface area contributed by atoms with Crippen LogP contribution in [0.1, 0.15) is 33.6 Å². The summed E-state index contributed by atoms with van der Waals surface area (Å²) in [5.41, 5.74) is -1.02. The molecule has 1 saturated carbocycles. The van der Waals surface area contributed by atoms with E-state index >= 15 is 0 Å². The first-order valence-corrected chi connectivity index (χ1v) is 5.73. The van der Waals surface area contributed by atoms with Crippen molar-refractivity contribution in [3.8, 4) is 0 Å². The highest BCUT2D eigenvalue weighted by Gasteiger charge is 2.52. The van der Waals surface area contributed by atoms with Crippen LogP contribution in [0.4, 0.5) is 4.79 Å². The predicted octanol–water partition coefficient (Wildman–Crippen LogP) is 1.81. The molecule has 0 unspecified atom stereocenters. The van der Waals surface area contributed by atoms with E-state index in [1.54, 1.807) is 7.05 Å². The number of hydrogen-bond acceptors (Lipinski definition) is 4. The van der Waals surface area contributed by atoms with Gasteiger partial charge in [0.2, 0.25) is 0 Å². The summed E-state index contributed by atoms with van der Waals surface area (Å²) < 4.78 is 9.96. The van der Waals surface area contributed by atoms with Gasteiger partial charge in [0.25, 0.3) is 0 Å². The number of carbonyl (C=O) groups excluding carboxylic acids is 2. The van der Waals surface area contributed by atoms with E-state index in [-0.39, 0.29) is 5.97 Å². The van der Waals surface area contributed by atoms with Crippen LogP contribution in [0.2, 0.25) is 0 Å². The molecule has 5 heteroatoms. The number of esters is 1. The van der Waals surface area contributed by atoms with Crippen molar-refractivity contribution in [1.82, 2.24) is 4.90 Å². The Bertz CT molecular complexity index is 315. The summed E-state index contributed by atoms with van der Waals surface area (Å²) in [4.78, 5) is 24.7.